The van der Waals surface area contributed by atoms with Crippen LogP contribution in [0.3, 0.4) is 0 Å². The van der Waals surface area contributed by atoms with Crippen LogP contribution in [0.1, 0.15) is 5.56 Å². The molecule has 0 atom stereocenters. The van der Waals surface area contributed by atoms with Gasteiger partial charge in [0.15, 0.2) is 0 Å². The van der Waals surface area contributed by atoms with Crippen molar-refractivity contribution in [2.75, 3.05) is 4.31 Å². The molecule has 0 spiro atoms. The number of carbonyl (C=O) groups excluding carboxylic acids is 1. The van der Waals surface area contributed by atoms with E-state index in [0.717, 1.165) is 10.9 Å². The van der Waals surface area contributed by atoms with Crippen LogP contribution < -0.4 is 4.31 Å². The van der Waals surface area contributed by atoms with Gasteiger partial charge in [-0.15, -0.1) is 0 Å². The summed E-state index contributed by atoms with van der Waals surface area (Å²) in [4.78, 5) is 18.0. The molecule has 1 amide bonds. The maximum absolute atomic E-state index is 12.4. The van der Waals surface area contributed by atoms with E-state index in [2.05, 4.69) is 9.97 Å². The normalized spacial score (nSPS) is 11.5. The number of benzene rings is 1. The Bertz CT molecular complexity index is 904. The van der Waals surface area contributed by atoms with Gasteiger partial charge in [0.25, 0.3) is 0 Å². The molecule has 0 aliphatic rings. The van der Waals surface area contributed by atoms with Gasteiger partial charge in [0.1, 0.15) is 0 Å². The number of hydrogen-bond donors (Lipinski definition) is 1. The lowest BCUT2D eigenvalue weighted by atomic mass is 10.2. The molecule has 0 aliphatic heterocycles. The standard InChI is InChI=1S/C15H12N3O3S/c19-11-18(14-2-1-13-5-8-17-15(13)9-14)22(20,21)10-12-3-6-16-7-4-12/h1-9,17H,10H2. The number of nitrogens with one attached hydrogen (secondary N) is 1. The Morgan fingerprint density at radius 3 is 2.64 bits per heavy atom. The smallest absolute Gasteiger partial charge is 0.331 e. The topological polar surface area (TPSA) is 83.1 Å². The average molecular weight is 314 g/mol. The first-order valence-electron chi connectivity index (χ1n) is 6.47. The third kappa shape index (κ3) is 2.71. The number of sulfonamides is 1. The summed E-state index contributed by atoms with van der Waals surface area (Å²) in [5.41, 5.74) is 1.55. The molecule has 6 nitrogen and oxygen atoms in total. The lowest BCUT2D eigenvalue weighted by molar-refractivity contribution is 0.553. The molecule has 0 fully saturated rings. The van der Waals surface area contributed by atoms with Gasteiger partial charge < -0.3 is 4.98 Å². The second-order valence-corrected chi connectivity index (χ2v) is 6.53. The van der Waals surface area contributed by atoms with E-state index >= 15 is 0 Å². The van der Waals surface area contributed by atoms with Gasteiger partial charge in [-0.1, -0.05) is 6.07 Å². The number of aromatic amines is 1. The maximum Gasteiger partial charge on any atom is 0.331 e. The van der Waals surface area contributed by atoms with Crippen molar-refractivity contribution < 1.29 is 13.2 Å². The van der Waals surface area contributed by atoms with Gasteiger partial charge in [0, 0.05) is 24.1 Å². The van der Waals surface area contributed by atoms with E-state index in [1.165, 1.54) is 18.8 Å². The van der Waals surface area contributed by atoms with E-state index < -0.39 is 10.0 Å². The van der Waals surface area contributed by atoms with Crippen molar-refractivity contribution >= 4 is 33.0 Å². The minimum Gasteiger partial charge on any atom is -0.361 e. The Kier molecular flexibility index (Phi) is 3.64. The zero-order valence-corrected chi connectivity index (χ0v) is 12.2. The summed E-state index contributed by atoms with van der Waals surface area (Å²) in [5.74, 6) is -0.298. The number of rotatable bonds is 5. The van der Waals surface area contributed by atoms with E-state index in [1.807, 2.05) is 6.07 Å². The highest BCUT2D eigenvalue weighted by molar-refractivity contribution is 7.92. The first kappa shape index (κ1) is 14.3. The number of H-pyrrole nitrogens is 1. The van der Waals surface area contributed by atoms with Crippen LogP contribution in [0.25, 0.3) is 10.9 Å². The molecule has 7 heteroatoms. The second-order valence-electron chi connectivity index (χ2n) is 4.72. The largest absolute Gasteiger partial charge is 0.361 e. The molecule has 1 aromatic carbocycles. The highest BCUT2D eigenvalue weighted by atomic mass is 32.2. The molecule has 0 unspecified atom stereocenters. The molecule has 2 aromatic heterocycles. The number of fused-ring (bicyclic) bond motifs is 1. The fourth-order valence-electron chi connectivity index (χ4n) is 2.19. The third-order valence-corrected chi connectivity index (χ3v) is 4.77. The number of pyridine rings is 1. The highest BCUT2D eigenvalue weighted by Crippen LogP contribution is 2.23. The third-order valence-electron chi connectivity index (χ3n) is 3.23. The van der Waals surface area contributed by atoms with Crippen LogP contribution in [-0.4, -0.2) is 24.8 Å². The number of nitrogens with zero attached hydrogens (tertiary/aromatic N) is 2. The SMILES string of the molecule is O=[C]N(c1ccc2cc[nH]c2c1)S(=O)(=O)Cc1ccncc1. The Morgan fingerprint density at radius 2 is 1.91 bits per heavy atom. The summed E-state index contributed by atoms with van der Waals surface area (Å²) < 4.78 is 25.5. The zero-order chi connectivity index (χ0) is 15.6. The minimum atomic E-state index is -3.86. The number of aromatic nitrogens is 2. The molecule has 22 heavy (non-hydrogen) atoms. The fraction of sp³-hybridized carbons (Fsp3) is 0.0667. The van der Waals surface area contributed by atoms with Crippen LogP contribution in [0.4, 0.5) is 5.69 Å². The van der Waals surface area contributed by atoms with Gasteiger partial charge in [0.05, 0.1) is 11.4 Å². The Morgan fingerprint density at radius 1 is 1.14 bits per heavy atom. The Hall–Kier alpha value is -2.67. The van der Waals surface area contributed by atoms with E-state index in [9.17, 15) is 13.2 Å². The van der Waals surface area contributed by atoms with Gasteiger partial charge in [0.2, 0.25) is 10.0 Å². The Labute approximate surface area is 127 Å². The molecule has 0 saturated heterocycles. The van der Waals surface area contributed by atoms with Crippen LogP contribution in [0.2, 0.25) is 0 Å². The van der Waals surface area contributed by atoms with Gasteiger partial charge in [-0.2, -0.15) is 4.31 Å². The molecule has 111 valence electrons. The summed E-state index contributed by atoms with van der Waals surface area (Å²) in [7, 11) is -3.86. The van der Waals surface area contributed by atoms with Crippen LogP contribution >= 0.6 is 0 Å². The van der Waals surface area contributed by atoms with Gasteiger partial charge in [-0.05, 0) is 41.3 Å². The van der Waals surface area contributed by atoms with E-state index in [1.54, 1.807) is 36.5 Å². The highest BCUT2D eigenvalue weighted by Gasteiger charge is 2.24. The van der Waals surface area contributed by atoms with Crippen molar-refractivity contribution in [2.24, 2.45) is 0 Å². The van der Waals surface area contributed by atoms with Crippen LogP contribution in [0.5, 0.6) is 0 Å². The van der Waals surface area contributed by atoms with Crippen LogP contribution in [0.15, 0.2) is 55.0 Å². The lowest BCUT2D eigenvalue weighted by Crippen LogP contribution is -2.30. The van der Waals surface area contributed by atoms with Crippen molar-refractivity contribution in [1.29, 1.82) is 0 Å². The fourth-order valence-corrected chi connectivity index (χ4v) is 3.48. The molecule has 1 N–H and O–H groups in total. The van der Waals surface area contributed by atoms with Gasteiger partial charge in [-0.3, -0.25) is 9.78 Å². The maximum atomic E-state index is 12.4. The summed E-state index contributed by atoms with van der Waals surface area (Å²) in [6.45, 7) is 0. The molecule has 0 saturated carbocycles. The second kappa shape index (κ2) is 5.61. The molecule has 1 radical (unpaired) electrons. The lowest BCUT2D eigenvalue weighted by Gasteiger charge is -2.16. The number of anilines is 1. The van der Waals surface area contributed by atoms with E-state index in [0.29, 0.717) is 9.87 Å². The molecular weight excluding hydrogens is 302 g/mol. The van der Waals surface area contributed by atoms with Crippen LogP contribution in [0, 0.1) is 0 Å². The quantitative estimate of drug-likeness (QED) is 0.730. The summed E-state index contributed by atoms with van der Waals surface area (Å²) >= 11 is 0. The number of amides is 1. The summed E-state index contributed by atoms with van der Waals surface area (Å²) in [6.07, 6.45) is 6.26. The van der Waals surface area contributed by atoms with Crippen molar-refractivity contribution in [1.82, 2.24) is 9.97 Å². The molecule has 0 aliphatic carbocycles. The van der Waals surface area contributed by atoms with Gasteiger partial charge >= 0.3 is 6.41 Å². The first-order chi connectivity index (χ1) is 10.6. The first-order valence-corrected chi connectivity index (χ1v) is 8.08. The van der Waals surface area contributed by atoms with Crippen molar-refractivity contribution in [3.63, 3.8) is 0 Å². The minimum absolute atomic E-state index is 0.249. The molecule has 3 aromatic rings. The summed E-state index contributed by atoms with van der Waals surface area (Å²) in [5, 5.41) is 0.932. The molecule has 3 rings (SSSR count). The Balaban J connectivity index is 1.97. The summed E-state index contributed by atoms with van der Waals surface area (Å²) in [6, 6.07) is 9.96. The van der Waals surface area contributed by atoms with Crippen molar-refractivity contribution in [3.8, 4) is 0 Å². The monoisotopic (exact) mass is 314 g/mol. The molecule has 0 bridgehead atoms. The van der Waals surface area contributed by atoms with E-state index in [4.69, 9.17) is 0 Å². The van der Waals surface area contributed by atoms with Gasteiger partial charge in [-0.25, -0.2) is 8.42 Å². The zero-order valence-electron chi connectivity index (χ0n) is 11.4. The van der Waals surface area contributed by atoms with Crippen LogP contribution in [-0.2, 0) is 20.6 Å². The molecule has 2 heterocycles. The van der Waals surface area contributed by atoms with Crippen molar-refractivity contribution in [2.45, 2.75) is 5.75 Å². The predicted octanol–water partition coefficient (Wildman–Crippen LogP) is 1.97. The van der Waals surface area contributed by atoms with E-state index in [-0.39, 0.29) is 11.4 Å². The van der Waals surface area contributed by atoms with Crippen molar-refractivity contribution in [3.05, 3.63) is 60.6 Å². The average Bonchev–Trinajstić information content (AvgIpc) is 2.96. The predicted molar refractivity (Wildman–Crippen MR) is 83.3 cm³/mol. The molecular formula is C15H12N3O3S. The number of hydrogen-bond acceptors (Lipinski definition) is 4.